The van der Waals surface area contributed by atoms with Crippen LogP contribution in [0.2, 0.25) is 0 Å². The Morgan fingerprint density at radius 1 is 1.29 bits per heavy atom. The molecule has 0 bridgehead atoms. The molecule has 1 heterocycles. The molecule has 98 valence electrons. The molecule has 2 N–H and O–H groups in total. The number of nitrogens with zero attached hydrogens (tertiary/aromatic N) is 1. The number of carbonyl (C=O) groups is 1. The van der Waals surface area contributed by atoms with E-state index in [2.05, 4.69) is 29.6 Å². The van der Waals surface area contributed by atoms with Gasteiger partial charge in [-0.15, -0.1) is 0 Å². The number of hydrogen-bond acceptors (Lipinski definition) is 3. The molecule has 0 atom stereocenters. The van der Waals surface area contributed by atoms with Gasteiger partial charge in [-0.1, -0.05) is 19.3 Å². The number of nitrogens with one attached hydrogen (secondary N) is 2. The summed E-state index contributed by atoms with van der Waals surface area (Å²) in [6.45, 7) is 2.51. The summed E-state index contributed by atoms with van der Waals surface area (Å²) in [6.07, 6.45) is 6.35. The summed E-state index contributed by atoms with van der Waals surface area (Å²) in [5, 5.41) is 6.30. The SMILES string of the molecule is CN(C)C1(CNC(=O)C2CNC2)CCCCC1. The van der Waals surface area contributed by atoms with Gasteiger partial charge in [0.2, 0.25) is 5.91 Å². The summed E-state index contributed by atoms with van der Waals surface area (Å²) in [6, 6.07) is 0. The zero-order chi connectivity index (χ0) is 12.3. The van der Waals surface area contributed by atoms with Crippen LogP contribution in [0.25, 0.3) is 0 Å². The summed E-state index contributed by atoms with van der Waals surface area (Å²) in [4.78, 5) is 14.2. The van der Waals surface area contributed by atoms with Crippen molar-refractivity contribution in [1.29, 1.82) is 0 Å². The molecule has 1 saturated heterocycles. The van der Waals surface area contributed by atoms with E-state index in [9.17, 15) is 4.79 Å². The predicted octanol–water partition coefficient (Wildman–Crippen LogP) is 0.586. The minimum Gasteiger partial charge on any atom is -0.354 e. The second-order valence-electron chi connectivity index (χ2n) is 5.75. The molecule has 0 aromatic heterocycles. The van der Waals surface area contributed by atoms with Gasteiger partial charge in [-0.2, -0.15) is 0 Å². The molecule has 0 aromatic rings. The van der Waals surface area contributed by atoms with E-state index in [4.69, 9.17) is 0 Å². The summed E-state index contributed by atoms with van der Waals surface area (Å²) in [5.41, 5.74) is 0.199. The van der Waals surface area contributed by atoms with E-state index in [1.165, 1.54) is 32.1 Å². The Morgan fingerprint density at radius 3 is 2.41 bits per heavy atom. The minimum absolute atomic E-state index is 0.199. The fourth-order valence-electron chi connectivity index (χ4n) is 2.86. The molecular weight excluding hydrogens is 214 g/mol. The summed E-state index contributed by atoms with van der Waals surface area (Å²) < 4.78 is 0. The molecular formula is C13H25N3O. The first-order chi connectivity index (χ1) is 8.14. The van der Waals surface area contributed by atoms with Crippen molar-refractivity contribution in [1.82, 2.24) is 15.5 Å². The highest BCUT2D eigenvalue weighted by Crippen LogP contribution is 2.31. The van der Waals surface area contributed by atoms with Gasteiger partial charge < -0.3 is 15.5 Å². The third-order valence-corrected chi connectivity index (χ3v) is 4.48. The number of carbonyl (C=O) groups excluding carboxylic acids is 1. The number of likely N-dealkylation sites (N-methyl/N-ethyl adjacent to an activating group) is 1. The summed E-state index contributed by atoms with van der Waals surface area (Å²) >= 11 is 0. The van der Waals surface area contributed by atoms with Crippen molar-refractivity contribution in [3.05, 3.63) is 0 Å². The maximum absolute atomic E-state index is 11.9. The number of amides is 1. The van der Waals surface area contributed by atoms with Crippen LogP contribution in [-0.2, 0) is 4.79 Å². The number of hydrogen-bond donors (Lipinski definition) is 2. The van der Waals surface area contributed by atoms with Crippen molar-refractivity contribution in [2.75, 3.05) is 33.7 Å². The van der Waals surface area contributed by atoms with Gasteiger partial charge >= 0.3 is 0 Å². The lowest BCUT2D eigenvalue weighted by atomic mass is 9.80. The molecule has 1 saturated carbocycles. The van der Waals surface area contributed by atoms with E-state index in [1.54, 1.807) is 0 Å². The summed E-state index contributed by atoms with van der Waals surface area (Å²) in [7, 11) is 4.28. The molecule has 2 aliphatic rings. The lowest BCUT2D eigenvalue weighted by Crippen LogP contribution is -2.57. The largest absolute Gasteiger partial charge is 0.354 e. The Kier molecular flexibility index (Phi) is 4.05. The second kappa shape index (κ2) is 5.36. The lowest BCUT2D eigenvalue weighted by molar-refractivity contribution is -0.127. The molecule has 2 fully saturated rings. The molecule has 0 spiro atoms. The minimum atomic E-state index is 0.199. The first-order valence-corrected chi connectivity index (χ1v) is 6.80. The van der Waals surface area contributed by atoms with E-state index in [-0.39, 0.29) is 17.4 Å². The Labute approximate surface area is 104 Å². The molecule has 2 rings (SSSR count). The standard InChI is InChI=1S/C13H25N3O/c1-16(2)13(6-4-3-5-7-13)10-15-12(17)11-8-14-9-11/h11,14H,3-10H2,1-2H3,(H,15,17). The van der Waals surface area contributed by atoms with Crippen molar-refractivity contribution < 1.29 is 4.79 Å². The highest BCUT2D eigenvalue weighted by molar-refractivity contribution is 5.80. The molecule has 17 heavy (non-hydrogen) atoms. The molecule has 0 unspecified atom stereocenters. The third-order valence-electron chi connectivity index (χ3n) is 4.48. The van der Waals surface area contributed by atoms with E-state index in [0.717, 1.165) is 19.6 Å². The van der Waals surface area contributed by atoms with Gasteiger partial charge in [-0.05, 0) is 26.9 Å². The van der Waals surface area contributed by atoms with E-state index in [0.29, 0.717) is 0 Å². The Hall–Kier alpha value is -0.610. The molecule has 4 nitrogen and oxygen atoms in total. The van der Waals surface area contributed by atoms with Gasteiger partial charge in [0.15, 0.2) is 0 Å². The molecule has 1 aliphatic carbocycles. The predicted molar refractivity (Wildman–Crippen MR) is 68.9 cm³/mol. The van der Waals surface area contributed by atoms with Crippen LogP contribution in [0.4, 0.5) is 0 Å². The Bertz CT molecular complexity index is 268. The highest BCUT2D eigenvalue weighted by atomic mass is 16.2. The van der Waals surface area contributed by atoms with E-state index in [1.807, 2.05) is 0 Å². The first-order valence-electron chi connectivity index (χ1n) is 6.80. The Morgan fingerprint density at radius 2 is 1.94 bits per heavy atom. The second-order valence-corrected chi connectivity index (χ2v) is 5.75. The quantitative estimate of drug-likeness (QED) is 0.754. The Balaban J connectivity index is 1.86. The molecule has 1 aliphatic heterocycles. The van der Waals surface area contributed by atoms with Crippen LogP contribution in [0.5, 0.6) is 0 Å². The monoisotopic (exact) mass is 239 g/mol. The molecule has 0 radical (unpaired) electrons. The van der Waals surface area contributed by atoms with Gasteiger partial charge in [0, 0.05) is 25.2 Å². The number of rotatable bonds is 4. The molecule has 4 heteroatoms. The van der Waals surface area contributed by atoms with Crippen LogP contribution in [0.3, 0.4) is 0 Å². The van der Waals surface area contributed by atoms with Crippen LogP contribution in [-0.4, -0.2) is 50.1 Å². The van der Waals surface area contributed by atoms with Crippen molar-refractivity contribution in [2.45, 2.75) is 37.6 Å². The van der Waals surface area contributed by atoms with Gasteiger partial charge in [0.25, 0.3) is 0 Å². The van der Waals surface area contributed by atoms with Crippen LogP contribution < -0.4 is 10.6 Å². The van der Waals surface area contributed by atoms with Gasteiger partial charge in [0.1, 0.15) is 0 Å². The van der Waals surface area contributed by atoms with E-state index >= 15 is 0 Å². The zero-order valence-corrected chi connectivity index (χ0v) is 11.1. The van der Waals surface area contributed by atoms with Gasteiger partial charge in [0.05, 0.1) is 5.92 Å². The molecule has 1 amide bonds. The van der Waals surface area contributed by atoms with Crippen LogP contribution in [0, 0.1) is 5.92 Å². The van der Waals surface area contributed by atoms with Crippen LogP contribution in [0.1, 0.15) is 32.1 Å². The maximum Gasteiger partial charge on any atom is 0.225 e. The van der Waals surface area contributed by atoms with Gasteiger partial charge in [-0.25, -0.2) is 0 Å². The fourth-order valence-corrected chi connectivity index (χ4v) is 2.86. The van der Waals surface area contributed by atoms with Crippen molar-refractivity contribution >= 4 is 5.91 Å². The van der Waals surface area contributed by atoms with Crippen molar-refractivity contribution in [2.24, 2.45) is 5.92 Å². The topological polar surface area (TPSA) is 44.4 Å². The summed E-state index contributed by atoms with van der Waals surface area (Å²) in [5.74, 6) is 0.438. The lowest BCUT2D eigenvalue weighted by Gasteiger charge is -2.43. The smallest absolute Gasteiger partial charge is 0.225 e. The normalized spacial score (nSPS) is 24.4. The molecule has 0 aromatic carbocycles. The third kappa shape index (κ3) is 2.80. The average molecular weight is 239 g/mol. The van der Waals surface area contributed by atoms with E-state index < -0.39 is 0 Å². The first kappa shape index (κ1) is 12.8. The van der Waals surface area contributed by atoms with Gasteiger partial charge in [-0.3, -0.25) is 4.79 Å². The van der Waals surface area contributed by atoms with Crippen molar-refractivity contribution in [3.8, 4) is 0 Å². The van der Waals surface area contributed by atoms with Crippen molar-refractivity contribution in [3.63, 3.8) is 0 Å². The zero-order valence-electron chi connectivity index (χ0n) is 11.1. The maximum atomic E-state index is 11.9. The highest BCUT2D eigenvalue weighted by Gasteiger charge is 2.35. The average Bonchev–Trinajstić information content (AvgIpc) is 2.25. The van der Waals surface area contributed by atoms with Crippen LogP contribution >= 0.6 is 0 Å². The van der Waals surface area contributed by atoms with Crippen LogP contribution in [0.15, 0.2) is 0 Å². The fraction of sp³-hybridized carbons (Fsp3) is 0.923.